The Morgan fingerprint density at radius 2 is 2.15 bits per heavy atom. The summed E-state index contributed by atoms with van der Waals surface area (Å²) in [6, 6.07) is 2.12. The molecule has 2 fully saturated rings. The maximum Gasteiger partial charge on any atom is 0.226 e. The molecule has 2 aromatic heterocycles. The Bertz CT molecular complexity index is 628. The lowest BCUT2D eigenvalue weighted by atomic mass is 10.0. The van der Waals surface area contributed by atoms with Crippen LogP contribution in [0.1, 0.15) is 32.6 Å². The predicted octanol–water partition coefficient (Wildman–Crippen LogP) is 3.73. The topological polar surface area (TPSA) is 49.8 Å². The van der Waals surface area contributed by atoms with Gasteiger partial charge >= 0.3 is 0 Å². The fourth-order valence-corrected chi connectivity index (χ4v) is 3.84. The highest BCUT2D eigenvalue weighted by atomic mass is 32.1. The van der Waals surface area contributed by atoms with E-state index in [1.165, 1.54) is 25.7 Å². The van der Waals surface area contributed by atoms with E-state index in [0.29, 0.717) is 5.41 Å². The van der Waals surface area contributed by atoms with Crippen molar-refractivity contribution in [3.63, 3.8) is 0 Å². The first-order valence-electron chi connectivity index (χ1n) is 7.54. The number of hydrogen-bond donors (Lipinski definition) is 2. The standard InChI is InChI=1S/C15H20N4S/c1-2-16-14-18-12(11-5-8-20-13(11)19-14)17-9-15(6-7-15)10-3-4-10/h5,8,10H,2-4,6-7,9H2,1H3,(H2,16,17,18,19). The molecule has 0 atom stereocenters. The molecule has 2 aliphatic carbocycles. The van der Waals surface area contributed by atoms with Gasteiger partial charge in [-0.15, -0.1) is 11.3 Å². The lowest BCUT2D eigenvalue weighted by Crippen LogP contribution is -2.18. The van der Waals surface area contributed by atoms with Crippen molar-refractivity contribution in [2.45, 2.75) is 32.6 Å². The Morgan fingerprint density at radius 1 is 1.30 bits per heavy atom. The number of nitrogens with one attached hydrogen (secondary N) is 2. The van der Waals surface area contributed by atoms with E-state index < -0.39 is 0 Å². The molecule has 0 saturated heterocycles. The summed E-state index contributed by atoms with van der Waals surface area (Å²) in [6.45, 7) is 3.99. The summed E-state index contributed by atoms with van der Waals surface area (Å²) in [5.41, 5.74) is 0.589. The Balaban J connectivity index is 1.59. The van der Waals surface area contributed by atoms with Crippen LogP contribution in [0.2, 0.25) is 0 Å². The molecule has 0 bridgehead atoms. The van der Waals surface area contributed by atoms with Crippen molar-refractivity contribution < 1.29 is 0 Å². The van der Waals surface area contributed by atoms with E-state index in [0.717, 1.165) is 41.0 Å². The maximum atomic E-state index is 4.65. The molecule has 0 amide bonds. The van der Waals surface area contributed by atoms with Crippen molar-refractivity contribution >= 4 is 33.3 Å². The number of rotatable bonds is 6. The molecule has 4 nitrogen and oxygen atoms in total. The summed E-state index contributed by atoms with van der Waals surface area (Å²) in [7, 11) is 0. The third kappa shape index (κ3) is 2.14. The molecule has 0 radical (unpaired) electrons. The Kier molecular flexibility index (Phi) is 2.84. The van der Waals surface area contributed by atoms with Crippen LogP contribution < -0.4 is 10.6 Å². The van der Waals surface area contributed by atoms with E-state index >= 15 is 0 Å². The van der Waals surface area contributed by atoms with Gasteiger partial charge in [0.15, 0.2) is 0 Å². The third-order valence-corrected chi connectivity index (χ3v) is 5.41. The predicted molar refractivity (Wildman–Crippen MR) is 84.5 cm³/mol. The molecule has 4 rings (SSSR count). The third-order valence-electron chi connectivity index (χ3n) is 4.60. The monoisotopic (exact) mass is 288 g/mol. The molecule has 2 aliphatic rings. The summed E-state index contributed by atoms with van der Waals surface area (Å²) in [4.78, 5) is 10.3. The minimum atomic E-state index is 0.589. The lowest BCUT2D eigenvalue weighted by molar-refractivity contribution is 0.466. The van der Waals surface area contributed by atoms with E-state index in [4.69, 9.17) is 0 Å². The van der Waals surface area contributed by atoms with Crippen molar-refractivity contribution in [3.05, 3.63) is 11.4 Å². The minimum Gasteiger partial charge on any atom is -0.369 e. The number of thiophene rings is 1. The highest BCUT2D eigenvalue weighted by Gasteiger charge is 2.53. The molecule has 106 valence electrons. The number of aromatic nitrogens is 2. The second kappa shape index (κ2) is 4.58. The van der Waals surface area contributed by atoms with Crippen LogP contribution >= 0.6 is 11.3 Å². The van der Waals surface area contributed by atoms with Crippen molar-refractivity contribution in [1.82, 2.24) is 9.97 Å². The summed E-state index contributed by atoms with van der Waals surface area (Å²) >= 11 is 1.68. The first kappa shape index (κ1) is 12.4. The first-order valence-corrected chi connectivity index (χ1v) is 8.42. The second-order valence-corrected chi connectivity index (χ2v) is 6.95. The van der Waals surface area contributed by atoms with Gasteiger partial charge in [0.25, 0.3) is 0 Å². The zero-order valence-corrected chi connectivity index (χ0v) is 12.6. The Hall–Kier alpha value is -1.36. The Morgan fingerprint density at radius 3 is 2.85 bits per heavy atom. The molecule has 0 unspecified atom stereocenters. The van der Waals surface area contributed by atoms with E-state index in [1.54, 1.807) is 11.3 Å². The smallest absolute Gasteiger partial charge is 0.226 e. The maximum absolute atomic E-state index is 4.65. The van der Waals surface area contributed by atoms with Crippen molar-refractivity contribution in [2.24, 2.45) is 11.3 Å². The number of anilines is 2. The number of hydrogen-bond acceptors (Lipinski definition) is 5. The van der Waals surface area contributed by atoms with E-state index in [9.17, 15) is 0 Å². The molecular formula is C15H20N4S. The largest absolute Gasteiger partial charge is 0.369 e. The molecule has 2 N–H and O–H groups in total. The van der Waals surface area contributed by atoms with Gasteiger partial charge in [-0.3, -0.25) is 0 Å². The van der Waals surface area contributed by atoms with Crippen molar-refractivity contribution in [2.75, 3.05) is 23.7 Å². The number of fused-ring (bicyclic) bond motifs is 1. The fourth-order valence-electron chi connectivity index (χ4n) is 3.07. The molecule has 0 aliphatic heterocycles. The molecule has 0 spiro atoms. The van der Waals surface area contributed by atoms with E-state index in [2.05, 4.69) is 39.0 Å². The van der Waals surface area contributed by atoms with Gasteiger partial charge in [0, 0.05) is 13.1 Å². The fraction of sp³-hybridized carbons (Fsp3) is 0.600. The average molecular weight is 288 g/mol. The van der Waals surface area contributed by atoms with Crippen LogP contribution in [0.4, 0.5) is 11.8 Å². The summed E-state index contributed by atoms with van der Waals surface area (Å²) in [6.07, 6.45) is 5.65. The molecule has 0 aromatic carbocycles. The highest BCUT2D eigenvalue weighted by molar-refractivity contribution is 7.16. The average Bonchev–Trinajstić information content (AvgIpc) is 3.34. The quantitative estimate of drug-likeness (QED) is 0.850. The van der Waals surface area contributed by atoms with Crippen molar-refractivity contribution in [1.29, 1.82) is 0 Å². The van der Waals surface area contributed by atoms with Gasteiger partial charge in [-0.1, -0.05) is 0 Å². The lowest BCUT2D eigenvalue weighted by Gasteiger charge is -2.16. The van der Waals surface area contributed by atoms with Crippen LogP contribution in [0.25, 0.3) is 10.2 Å². The molecular weight excluding hydrogens is 268 g/mol. The van der Waals surface area contributed by atoms with Gasteiger partial charge in [-0.2, -0.15) is 4.98 Å². The summed E-state index contributed by atoms with van der Waals surface area (Å²) < 4.78 is 0. The molecule has 5 heteroatoms. The van der Waals surface area contributed by atoms with Crippen LogP contribution in [-0.4, -0.2) is 23.1 Å². The van der Waals surface area contributed by atoms with Gasteiger partial charge in [0.05, 0.1) is 5.39 Å². The van der Waals surface area contributed by atoms with Gasteiger partial charge in [-0.25, -0.2) is 4.98 Å². The number of nitrogens with zero attached hydrogens (tertiary/aromatic N) is 2. The minimum absolute atomic E-state index is 0.589. The normalized spacial score (nSPS) is 20.1. The van der Waals surface area contributed by atoms with Gasteiger partial charge < -0.3 is 10.6 Å². The van der Waals surface area contributed by atoms with Crippen LogP contribution in [-0.2, 0) is 0 Å². The Labute approximate surface area is 123 Å². The van der Waals surface area contributed by atoms with E-state index in [-0.39, 0.29) is 0 Å². The molecule has 20 heavy (non-hydrogen) atoms. The van der Waals surface area contributed by atoms with Crippen LogP contribution in [0, 0.1) is 11.3 Å². The van der Waals surface area contributed by atoms with Crippen LogP contribution in [0.3, 0.4) is 0 Å². The molecule has 2 aromatic rings. The zero-order valence-electron chi connectivity index (χ0n) is 11.8. The van der Waals surface area contributed by atoms with Gasteiger partial charge in [0.1, 0.15) is 10.6 Å². The first-order chi connectivity index (χ1) is 9.81. The van der Waals surface area contributed by atoms with E-state index in [1.807, 2.05) is 0 Å². The highest BCUT2D eigenvalue weighted by Crippen LogP contribution is 2.61. The van der Waals surface area contributed by atoms with Gasteiger partial charge in [-0.05, 0) is 55.4 Å². The second-order valence-electron chi connectivity index (χ2n) is 6.06. The van der Waals surface area contributed by atoms with Crippen LogP contribution in [0.5, 0.6) is 0 Å². The SMILES string of the molecule is CCNc1nc(NCC2(C3CC3)CC2)c2ccsc2n1. The molecule has 2 saturated carbocycles. The zero-order chi connectivity index (χ0) is 13.6. The summed E-state index contributed by atoms with van der Waals surface area (Å²) in [5.74, 6) is 2.71. The van der Waals surface area contributed by atoms with Crippen molar-refractivity contribution in [3.8, 4) is 0 Å². The van der Waals surface area contributed by atoms with Crippen LogP contribution in [0.15, 0.2) is 11.4 Å². The summed E-state index contributed by atoms with van der Waals surface area (Å²) in [5, 5.41) is 10.1. The molecule has 2 heterocycles. The van der Waals surface area contributed by atoms with Gasteiger partial charge in [0.2, 0.25) is 5.95 Å².